The molecule has 8 heteroatoms. The number of halogens is 1. The van der Waals surface area contributed by atoms with Crippen LogP contribution in [0.15, 0.2) is 46.4 Å². The molecule has 0 bridgehead atoms. The Balaban J connectivity index is 1.81. The van der Waals surface area contributed by atoms with Crippen LogP contribution in [-0.4, -0.2) is 23.8 Å². The summed E-state index contributed by atoms with van der Waals surface area (Å²) in [7, 11) is 1.53. The van der Waals surface area contributed by atoms with Crippen LogP contribution in [0.5, 0.6) is 0 Å². The Morgan fingerprint density at radius 2 is 2.08 bits per heavy atom. The molecule has 0 saturated carbocycles. The second kappa shape index (κ2) is 6.86. The maximum atomic E-state index is 12.3. The van der Waals surface area contributed by atoms with E-state index >= 15 is 0 Å². The van der Waals surface area contributed by atoms with Crippen LogP contribution in [0.1, 0.15) is 20.8 Å². The number of benzene rings is 1. The minimum Gasteiger partial charge on any atom is -0.462 e. The van der Waals surface area contributed by atoms with E-state index < -0.39 is 5.91 Å². The van der Waals surface area contributed by atoms with Crippen molar-refractivity contribution in [1.82, 2.24) is 10.3 Å². The van der Waals surface area contributed by atoms with E-state index in [1.54, 1.807) is 35.9 Å². The highest BCUT2D eigenvalue weighted by molar-refractivity contribution is 7.13. The Labute approximate surface area is 146 Å². The highest BCUT2D eigenvalue weighted by Gasteiger charge is 2.15. The number of thiazole rings is 1. The third-order valence-corrected chi connectivity index (χ3v) is 4.36. The molecule has 6 nitrogen and oxygen atoms in total. The molecule has 0 radical (unpaired) electrons. The van der Waals surface area contributed by atoms with Gasteiger partial charge in [-0.05, 0) is 30.3 Å². The third-order valence-electron chi connectivity index (χ3n) is 3.17. The summed E-state index contributed by atoms with van der Waals surface area (Å²) in [6, 6.07) is 8.16. The summed E-state index contributed by atoms with van der Waals surface area (Å²) >= 11 is 7.38. The summed E-state index contributed by atoms with van der Waals surface area (Å²) in [5.41, 5.74) is 0.981. The minimum atomic E-state index is -0.417. The molecule has 0 spiro atoms. The first-order chi connectivity index (χ1) is 11.6. The molecule has 2 heterocycles. The fourth-order valence-corrected chi connectivity index (χ4v) is 2.92. The number of amides is 2. The number of aromatic nitrogens is 1. The molecule has 3 rings (SSSR count). The standard InChI is InChI=1S/C16H12ClN3O3S/c1-18-14(21)9-4-5-10(17)11(7-9)19-15(22)12-8-24-16(20-12)13-3-2-6-23-13/h2-8H,1H3,(H,18,21)(H,19,22). The van der Waals surface area contributed by atoms with Crippen LogP contribution in [0.3, 0.4) is 0 Å². The largest absolute Gasteiger partial charge is 0.462 e. The molecule has 0 aliphatic rings. The molecule has 0 aliphatic heterocycles. The Kier molecular flexibility index (Phi) is 4.64. The second-order valence-electron chi connectivity index (χ2n) is 4.74. The molecule has 2 amide bonds. The van der Waals surface area contributed by atoms with Gasteiger partial charge in [0.1, 0.15) is 5.69 Å². The molecule has 24 heavy (non-hydrogen) atoms. The molecule has 0 saturated heterocycles. The Morgan fingerprint density at radius 1 is 1.25 bits per heavy atom. The van der Waals surface area contributed by atoms with Gasteiger partial charge in [0.05, 0.1) is 17.0 Å². The van der Waals surface area contributed by atoms with Gasteiger partial charge in [0.2, 0.25) is 0 Å². The molecule has 3 aromatic rings. The number of hydrogen-bond donors (Lipinski definition) is 2. The van der Waals surface area contributed by atoms with E-state index in [0.717, 1.165) is 0 Å². The minimum absolute atomic E-state index is 0.243. The van der Waals surface area contributed by atoms with E-state index in [1.807, 2.05) is 0 Å². The highest BCUT2D eigenvalue weighted by atomic mass is 35.5. The van der Waals surface area contributed by atoms with E-state index in [9.17, 15) is 9.59 Å². The second-order valence-corrected chi connectivity index (χ2v) is 6.01. The first-order valence-electron chi connectivity index (χ1n) is 6.91. The summed E-state index contributed by atoms with van der Waals surface area (Å²) in [6.07, 6.45) is 1.54. The molecule has 0 fully saturated rings. The Hall–Kier alpha value is -2.64. The lowest BCUT2D eigenvalue weighted by molar-refractivity contribution is 0.0961. The van der Waals surface area contributed by atoms with Crippen molar-refractivity contribution in [3.63, 3.8) is 0 Å². The fourth-order valence-electron chi connectivity index (χ4n) is 1.98. The van der Waals surface area contributed by atoms with Crippen LogP contribution in [0, 0.1) is 0 Å². The van der Waals surface area contributed by atoms with E-state index in [-0.39, 0.29) is 11.6 Å². The molecular formula is C16H12ClN3O3S. The zero-order valence-electron chi connectivity index (χ0n) is 12.5. The number of anilines is 1. The molecule has 2 N–H and O–H groups in total. The monoisotopic (exact) mass is 361 g/mol. The number of nitrogens with one attached hydrogen (secondary N) is 2. The SMILES string of the molecule is CNC(=O)c1ccc(Cl)c(NC(=O)c2csc(-c3ccco3)n2)c1. The van der Waals surface area contributed by atoms with E-state index in [0.29, 0.717) is 27.0 Å². The van der Waals surface area contributed by atoms with Gasteiger partial charge in [0.15, 0.2) is 10.8 Å². The van der Waals surface area contributed by atoms with Crippen LogP contribution >= 0.6 is 22.9 Å². The third kappa shape index (κ3) is 3.32. The van der Waals surface area contributed by atoms with Crippen molar-refractivity contribution in [2.75, 3.05) is 12.4 Å². The van der Waals surface area contributed by atoms with Crippen LogP contribution in [0.4, 0.5) is 5.69 Å². The smallest absolute Gasteiger partial charge is 0.275 e. The first-order valence-corrected chi connectivity index (χ1v) is 8.16. The van der Waals surface area contributed by atoms with Gasteiger partial charge in [0, 0.05) is 18.0 Å². The molecule has 0 unspecified atom stereocenters. The predicted molar refractivity (Wildman–Crippen MR) is 92.6 cm³/mol. The van der Waals surface area contributed by atoms with Gasteiger partial charge in [-0.15, -0.1) is 11.3 Å². The molecule has 0 aliphatic carbocycles. The number of furan rings is 1. The van der Waals surface area contributed by atoms with Crippen molar-refractivity contribution in [2.45, 2.75) is 0 Å². The fraction of sp³-hybridized carbons (Fsp3) is 0.0625. The zero-order valence-corrected chi connectivity index (χ0v) is 14.1. The van der Waals surface area contributed by atoms with Gasteiger partial charge in [-0.3, -0.25) is 9.59 Å². The summed E-state index contributed by atoms with van der Waals surface area (Å²) in [6.45, 7) is 0. The average Bonchev–Trinajstić information content (AvgIpc) is 3.27. The topological polar surface area (TPSA) is 84.2 Å². The summed E-state index contributed by atoms with van der Waals surface area (Å²) in [5.74, 6) is -0.0883. The van der Waals surface area contributed by atoms with Gasteiger partial charge >= 0.3 is 0 Å². The maximum absolute atomic E-state index is 12.3. The van der Waals surface area contributed by atoms with Crippen LogP contribution in [0.25, 0.3) is 10.8 Å². The van der Waals surface area contributed by atoms with Gasteiger partial charge in [0.25, 0.3) is 11.8 Å². The van der Waals surface area contributed by atoms with Crippen LogP contribution < -0.4 is 10.6 Å². The van der Waals surface area contributed by atoms with Gasteiger partial charge < -0.3 is 15.1 Å². The Morgan fingerprint density at radius 3 is 2.79 bits per heavy atom. The normalized spacial score (nSPS) is 10.4. The van der Waals surface area contributed by atoms with Crippen molar-refractivity contribution in [1.29, 1.82) is 0 Å². The lowest BCUT2D eigenvalue weighted by Crippen LogP contribution is -2.18. The van der Waals surface area contributed by atoms with Crippen molar-refractivity contribution in [3.8, 4) is 10.8 Å². The van der Waals surface area contributed by atoms with Gasteiger partial charge in [-0.25, -0.2) is 4.98 Å². The number of hydrogen-bond acceptors (Lipinski definition) is 5. The lowest BCUT2D eigenvalue weighted by Gasteiger charge is -2.08. The van der Waals surface area contributed by atoms with Crippen molar-refractivity contribution < 1.29 is 14.0 Å². The maximum Gasteiger partial charge on any atom is 0.275 e. The van der Waals surface area contributed by atoms with Crippen LogP contribution in [-0.2, 0) is 0 Å². The number of carbonyl (C=O) groups excluding carboxylic acids is 2. The van der Waals surface area contributed by atoms with E-state index in [2.05, 4.69) is 15.6 Å². The number of carbonyl (C=O) groups is 2. The van der Waals surface area contributed by atoms with Crippen molar-refractivity contribution >= 4 is 40.4 Å². The lowest BCUT2D eigenvalue weighted by atomic mass is 10.2. The van der Waals surface area contributed by atoms with Gasteiger partial charge in [-0.1, -0.05) is 11.6 Å². The zero-order chi connectivity index (χ0) is 17.1. The molecule has 1 aromatic carbocycles. The Bertz CT molecular complexity index is 890. The average molecular weight is 362 g/mol. The summed E-state index contributed by atoms with van der Waals surface area (Å²) in [5, 5.41) is 7.75. The van der Waals surface area contributed by atoms with E-state index in [1.165, 1.54) is 24.5 Å². The van der Waals surface area contributed by atoms with Crippen LogP contribution in [0.2, 0.25) is 5.02 Å². The summed E-state index contributed by atoms with van der Waals surface area (Å²) < 4.78 is 5.26. The summed E-state index contributed by atoms with van der Waals surface area (Å²) in [4.78, 5) is 28.3. The molecule has 122 valence electrons. The highest BCUT2D eigenvalue weighted by Crippen LogP contribution is 2.26. The molecular weight excluding hydrogens is 350 g/mol. The van der Waals surface area contributed by atoms with E-state index in [4.69, 9.17) is 16.0 Å². The van der Waals surface area contributed by atoms with Crippen molar-refractivity contribution in [3.05, 3.63) is 58.3 Å². The number of rotatable bonds is 4. The van der Waals surface area contributed by atoms with Crippen molar-refractivity contribution in [2.24, 2.45) is 0 Å². The first kappa shape index (κ1) is 16.2. The quantitative estimate of drug-likeness (QED) is 0.742. The van der Waals surface area contributed by atoms with Gasteiger partial charge in [-0.2, -0.15) is 0 Å². The number of nitrogens with zero attached hydrogens (tertiary/aromatic N) is 1. The predicted octanol–water partition coefficient (Wildman–Crippen LogP) is 3.67. The molecule has 0 atom stereocenters. The molecule has 2 aromatic heterocycles.